The molecule has 0 spiro atoms. The number of benzene rings is 2. The van der Waals surface area contributed by atoms with Crippen molar-refractivity contribution in [2.75, 3.05) is 39.3 Å². The molecule has 1 saturated heterocycles. The van der Waals surface area contributed by atoms with Gasteiger partial charge < -0.3 is 15.3 Å². The first-order chi connectivity index (χ1) is 14.3. The molecule has 162 valence electrons. The maximum absolute atomic E-state index is 9.52. The number of halogens is 1. The van der Waals surface area contributed by atoms with Crippen LogP contribution >= 0.6 is 24.0 Å². The summed E-state index contributed by atoms with van der Waals surface area (Å²) < 4.78 is 0. The third kappa shape index (κ3) is 7.41. The summed E-state index contributed by atoms with van der Waals surface area (Å²) in [5.74, 6) is 0.958. The number of piperazine rings is 1. The van der Waals surface area contributed by atoms with Crippen molar-refractivity contribution in [2.24, 2.45) is 4.99 Å². The van der Waals surface area contributed by atoms with Gasteiger partial charge in [0, 0.05) is 39.3 Å². The van der Waals surface area contributed by atoms with E-state index in [4.69, 9.17) is 4.99 Å². The summed E-state index contributed by atoms with van der Waals surface area (Å²) in [5.41, 5.74) is 3.27. The van der Waals surface area contributed by atoms with Crippen LogP contribution < -0.4 is 5.32 Å². The third-order valence-electron chi connectivity index (χ3n) is 5.17. The molecular formula is C24H33IN4O. The Labute approximate surface area is 197 Å². The molecule has 1 aliphatic rings. The van der Waals surface area contributed by atoms with Crippen LogP contribution in [0, 0.1) is 0 Å². The zero-order chi connectivity index (χ0) is 20.3. The SMILES string of the molecule is CCNC(=NCc1ccccc1CO)N1CCN(C/C=C/c2ccccc2)CC1.I. The molecular weight excluding hydrogens is 487 g/mol. The van der Waals surface area contributed by atoms with E-state index < -0.39 is 0 Å². The number of hydrogen-bond donors (Lipinski definition) is 2. The fourth-order valence-electron chi connectivity index (χ4n) is 3.50. The van der Waals surface area contributed by atoms with Crippen LogP contribution in [-0.4, -0.2) is 60.1 Å². The summed E-state index contributed by atoms with van der Waals surface area (Å²) in [7, 11) is 0. The van der Waals surface area contributed by atoms with Gasteiger partial charge >= 0.3 is 0 Å². The summed E-state index contributed by atoms with van der Waals surface area (Å²) in [5, 5.41) is 12.9. The zero-order valence-electron chi connectivity index (χ0n) is 17.7. The average Bonchev–Trinajstić information content (AvgIpc) is 2.78. The molecule has 0 atom stereocenters. The van der Waals surface area contributed by atoms with Gasteiger partial charge in [0.1, 0.15) is 0 Å². The van der Waals surface area contributed by atoms with Crippen LogP contribution in [0.25, 0.3) is 6.08 Å². The van der Waals surface area contributed by atoms with E-state index in [2.05, 4.69) is 58.5 Å². The molecule has 1 aliphatic heterocycles. The van der Waals surface area contributed by atoms with Gasteiger partial charge in [0.05, 0.1) is 13.2 Å². The van der Waals surface area contributed by atoms with Crippen LogP contribution in [-0.2, 0) is 13.2 Å². The van der Waals surface area contributed by atoms with E-state index in [0.29, 0.717) is 6.54 Å². The van der Waals surface area contributed by atoms with Crippen molar-refractivity contribution in [1.29, 1.82) is 0 Å². The lowest BCUT2D eigenvalue weighted by Gasteiger charge is -2.36. The monoisotopic (exact) mass is 520 g/mol. The van der Waals surface area contributed by atoms with Crippen LogP contribution in [0.3, 0.4) is 0 Å². The van der Waals surface area contributed by atoms with Gasteiger partial charge in [-0.1, -0.05) is 66.7 Å². The molecule has 1 fully saturated rings. The van der Waals surface area contributed by atoms with Crippen molar-refractivity contribution in [2.45, 2.75) is 20.1 Å². The van der Waals surface area contributed by atoms with Gasteiger partial charge in [-0.2, -0.15) is 0 Å². The van der Waals surface area contributed by atoms with E-state index in [1.807, 2.05) is 30.3 Å². The number of nitrogens with zero attached hydrogens (tertiary/aromatic N) is 3. The Hall–Kier alpha value is -1.90. The number of hydrogen-bond acceptors (Lipinski definition) is 3. The Balaban J connectivity index is 0.00000320. The van der Waals surface area contributed by atoms with Crippen LogP contribution in [0.1, 0.15) is 23.6 Å². The number of aliphatic hydroxyl groups is 1. The summed E-state index contributed by atoms with van der Waals surface area (Å²) in [4.78, 5) is 9.64. The van der Waals surface area contributed by atoms with Gasteiger partial charge in [0.2, 0.25) is 0 Å². The molecule has 30 heavy (non-hydrogen) atoms. The second-order valence-corrected chi connectivity index (χ2v) is 7.20. The molecule has 1 heterocycles. The number of aliphatic hydroxyl groups excluding tert-OH is 1. The number of aliphatic imine (C=N–C) groups is 1. The highest BCUT2D eigenvalue weighted by Gasteiger charge is 2.18. The van der Waals surface area contributed by atoms with Gasteiger partial charge in [-0.3, -0.25) is 4.90 Å². The lowest BCUT2D eigenvalue weighted by atomic mass is 10.1. The van der Waals surface area contributed by atoms with Crippen molar-refractivity contribution in [1.82, 2.24) is 15.1 Å². The second kappa shape index (κ2) is 13.4. The van der Waals surface area contributed by atoms with Crippen molar-refractivity contribution < 1.29 is 5.11 Å². The first-order valence-electron chi connectivity index (χ1n) is 10.4. The molecule has 5 nitrogen and oxygen atoms in total. The van der Waals surface area contributed by atoms with E-state index >= 15 is 0 Å². The minimum atomic E-state index is 0. The fourth-order valence-corrected chi connectivity index (χ4v) is 3.50. The molecule has 2 aromatic rings. The minimum Gasteiger partial charge on any atom is -0.392 e. The summed E-state index contributed by atoms with van der Waals surface area (Å²) in [6, 6.07) is 18.4. The quantitative estimate of drug-likeness (QED) is 0.333. The Morgan fingerprint density at radius 2 is 1.67 bits per heavy atom. The maximum atomic E-state index is 9.52. The fraction of sp³-hybridized carbons (Fsp3) is 0.375. The zero-order valence-corrected chi connectivity index (χ0v) is 20.0. The summed E-state index contributed by atoms with van der Waals surface area (Å²) in [6.07, 6.45) is 4.44. The highest BCUT2D eigenvalue weighted by atomic mass is 127. The lowest BCUT2D eigenvalue weighted by molar-refractivity contribution is 0.194. The second-order valence-electron chi connectivity index (χ2n) is 7.20. The summed E-state index contributed by atoms with van der Waals surface area (Å²) in [6.45, 7) is 8.53. The molecule has 6 heteroatoms. The molecule has 0 aliphatic carbocycles. The van der Waals surface area contributed by atoms with E-state index in [-0.39, 0.29) is 30.6 Å². The molecule has 0 saturated carbocycles. The van der Waals surface area contributed by atoms with Crippen LogP contribution in [0.2, 0.25) is 0 Å². The van der Waals surface area contributed by atoms with Crippen LogP contribution in [0.4, 0.5) is 0 Å². The van der Waals surface area contributed by atoms with Crippen molar-refractivity contribution in [3.63, 3.8) is 0 Å². The Bertz CT molecular complexity index is 802. The number of guanidine groups is 1. The van der Waals surface area contributed by atoms with E-state index in [1.54, 1.807) is 0 Å². The van der Waals surface area contributed by atoms with Gasteiger partial charge in [-0.05, 0) is 23.6 Å². The van der Waals surface area contributed by atoms with E-state index in [0.717, 1.165) is 56.4 Å². The lowest BCUT2D eigenvalue weighted by Crippen LogP contribution is -2.52. The highest BCUT2D eigenvalue weighted by molar-refractivity contribution is 14.0. The van der Waals surface area contributed by atoms with Crippen molar-refractivity contribution >= 4 is 36.0 Å². The summed E-state index contributed by atoms with van der Waals surface area (Å²) >= 11 is 0. The third-order valence-corrected chi connectivity index (χ3v) is 5.17. The van der Waals surface area contributed by atoms with Crippen molar-refractivity contribution in [3.05, 3.63) is 77.4 Å². The predicted molar refractivity (Wildman–Crippen MR) is 136 cm³/mol. The van der Waals surface area contributed by atoms with Crippen molar-refractivity contribution in [3.8, 4) is 0 Å². The Morgan fingerprint density at radius 1 is 1.00 bits per heavy atom. The Kier molecular flexibility index (Phi) is 10.9. The molecule has 3 rings (SSSR count). The topological polar surface area (TPSA) is 51.1 Å². The molecule has 0 unspecified atom stereocenters. The van der Waals surface area contributed by atoms with E-state index in [1.165, 1.54) is 5.56 Å². The average molecular weight is 520 g/mol. The van der Waals surface area contributed by atoms with Gasteiger partial charge in [-0.15, -0.1) is 24.0 Å². The Morgan fingerprint density at radius 3 is 2.33 bits per heavy atom. The first-order valence-corrected chi connectivity index (χ1v) is 10.4. The normalized spacial score (nSPS) is 15.3. The molecule has 2 aromatic carbocycles. The van der Waals surface area contributed by atoms with Crippen LogP contribution in [0.15, 0.2) is 65.7 Å². The first kappa shape index (κ1) is 24.4. The highest BCUT2D eigenvalue weighted by Crippen LogP contribution is 2.11. The largest absolute Gasteiger partial charge is 0.392 e. The number of nitrogens with one attached hydrogen (secondary N) is 1. The van der Waals surface area contributed by atoms with E-state index in [9.17, 15) is 5.11 Å². The molecule has 0 bridgehead atoms. The van der Waals surface area contributed by atoms with Gasteiger partial charge in [-0.25, -0.2) is 4.99 Å². The smallest absolute Gasteiger partial charge is 0.194 e. The van der Waals surface area contributed by atoms with Gasteiger partial charge in [0.25, 0.3) is 0 Å². The molecule has 0 radical (unpaired) electrons. The van der Waals surface area contributed by atoms with Crippen LogP contribution in [0.5, 0.6) is 0 Å². The molecule has 2 N–H and O–H groups in total. The molecule has 0 amide bonds. The number of rotatable bonds is 7. The van der Waals surface area contributed by atoms with Gasteiger partial charge in [0.15, 0.2) is 5.96 Å². The predicted octanol–water partition coefficient (Wildman–Crippen LogP) is 3.59. The molecule has 0 aromatic heterocycles. The minimum absolute atomic E-state index is 0. The maximum Gasteiger partial charge on any atom is 0.194 e. The standard InChI is InChI=1S/C24H32N4O.HI/c1-2-25-24(26-19-22-12-6-7-13-23(22)20-29)28-17-15-27(16-18-28)14-8-11-21-9-4-3-5-10-21;/h3-13,29H,2,14-20H2,1H3,(H,25,26);1H/b11-8+;.